The van der Waals surface area contributed by atoms with Crippen molar-refractivity contribution >= 4 is 45.0 Å². The van der Waals surface area contributed by atoms with Gasteiger partial charge in [0.05, 0.1) is 22.7 Å². The molecule has 0 aliphatic rings. The van der Waals surface area contributed by atoms with Gasteiger partial charge in [-0.2, -0.15) is 0 Å². The van der Waals surface area contributed by atoms with Gasteiger partial charge in [-0.1, -0.05) is 47.2 Å². The monoisotopic (exact) mass is 476 g/mol. The summed E-state index contributed by atoms with van der Waals surface area (Å²) in [5.74, 6) is 1.16. The predicted molar refractivity (Wildman–Crippen MR) is 134 cm³/mol. The lowest BCUT2D eigenvalue weighted by Crippen LogP contribution is -2.22. The number of fused-ring (bicyclic) bond motifs is 3. The summed E-state index contributed by atoms with van der Waals surface area (Å²) >= 11 is 7.47. The van der Waals surface area contributed by atoms with Gasteiger partial charge in [0.25, 0.3) is 5.56 Å². The number of thiazole rings is 1. The van der Waals surface area contributed by atoms with E-state index >= 15 is 0 Å². The van der Waals surface area contributed by atoms with E-state index in [4.69, 9.17) is 21.1 Å². The third kappa shape index (κ3) is 3.96. The molecule has 5 rings (SSSR count). The molecule has 2 heterocycles. The lowest BCUT2D eigenvalue weighted by atomic mass is 10.1. The lowest BCUT2D eigenvalue weighted by molar-refractivity contribution is 0.284. The van der Waals surface area contributed by atoms with Crippen LogP contribution in [0.2, 0.25) is 5.02 Å². The molecule has 0 aliphatic carbocycles. The van der Waals surface area contributed by atoms with Gasteiger partial charge in [0.2, 0.25) is 0 Å². The second kappa shape index (κ2) is 8.54. The van der Waals surface area contributed by atoms with Crippen LogP contribution < -0.4 is 19.6 Å². The maximum absolute atomic E-state index is 13.3. The molecule has 0 radical (unpaired) electrons. The van der Waals surface area contributed by atoms with E-state index in [1.165, 1.54) is 11.3 Å². The van der Waals surface area contributed by atoms with Crippen LogP contribution in [-0.4, -0.2) is 16.5 Å². The molecule has 166 valence electrons. The van der Waals surface area contributed by atoms with E-state index in [2.05, 4.69) is 4.98 Å². The quantitative estimate of drug-likeness (QED) is 0.345. The van der Waals surface area contributed by atoms with Crippen molar-refractivity contribution in [1.82, 2.24) is 9.38 Å². The molecule has 3 aromatic carbocycles. The van der Waals surface area contributed by atoms with Gasteiger partial charge < -0.3 is 9.47 Å². The second-order valence-corrected chi connectivity index (χ2v) is 9.31. The number of halogens is 1. The second-order valence-electron chi connectivity index (χ2n) is 7.87. The summed E-state index contributed by atoms with van der Waals surface area (Å²) in [7, 11) is 1.60. The van der Waals surface area contributed by atoms with E-state index in [9.17, 15) is 4.79 Å². The third-order valence-corrected chi connectivity index (χ3v) is 6.85. The average molecular weight is 477 g/mol. The summed E-state index contributed by atoms with van der Waals surface area (Å²) in [6.07, 6.45) is 1.84. The fourth-order valence-electron chi connectivity index (χ4n) is 3.80. The zero-order valence-corrected chi connectivity index (χ0v) is 20.0. The lowest BCUT2D eigenvalue weighted by Gasteiger charge is -2.13. The Kier molecular flexibility index (Phi) is 5.56. The highest BCUT2D eigenvalue weighted by Gasteiger charge is 2.14. The number of nitrogens with zero attached hydrogens (tertiary/aromatic N) is 2. The minimum atomic E-state index is -0.0932. The molecule has 0 fully saturated rings. The minimum Gasteiger partial charge on any atom is -0.493 e. The van der Waals surface area contributed by atoms with Crippen LogP contribution in [0.25, 0.3) is 22.1 Å². The van der Waals surface area contributed by atoms with Gasteiger partial charge in [0, 0.05) is 10.6 Å². The van der Waals surface area contributed by atoms with Gasteiger partial charge in [-0.05, 0) is 66.9 Å². The van der Waals surface area contributed by atoms with Crippen LogP contribution in [0.15, 0.2) is 59.4 Å². The highest BCUT2D eigenvalue weighted by molar-refractivity contribution is 7.15. The molecule has 33 heavy (non-hydrogen) atoms. The Hall–Kier alpha value is -3.35. The van der Waals surface area contributed by atoms with Crippen LogP contribution in [0.4, 0.5) is 0 Å². The average Bonchev–Trinajstić information content (AvgIpc) is 3.28. The first-order valence-corrected chi connectivity index (χ1v) is 11.6. The van der Waals surface area contributed by atoms with Crippen molar-refractivity contribution in [1.29, 1.82) is 0 Å². The number of aryl methyl sites for hydroxylation is 2. The van der Waals surface area contributed by atoms with Crippen LogP contribution in [0, 0.1) is 13.8 Å². The summed E-state index contributed by atoms with van der Waals surface area (Å²) in [6, 6.07) is 17.2. The van der Waals surface area contributed by atoms with Gasteiger partial charge >= 0.3 is 0 Å². The maximum atomic E-state index is 13.3. The topological polar surface area (TPSA) is 52.8 Å². The molecule has 0 N–H and O–H groups in total. The zero-order valence-electron chi connectivity index (χ0n) is 18.4. The van der Waals surface area contributed by atoms with E-state index in [0.29, 0.717) is 32.6 Å². The standard InChI is InChI=1S/C26H21ClN2O3S/c1-15-10-20-21(11-16(15)2)29-25(30)23(33-26(29)28-20)13-18-7-5-9-22(31-3)24(18)32-14-17-6-4-8-19(27)12-17/h4-13H,14H2,1-3H3/b23-13+. The third-order valence-electron chi connectivity index (χ3n) is 5.64. The van der Waals surface area contributed by atoms with Crippen LogP contribution >= 0.6 is 22.9 Å². The number of methoxy groups -OCH3 is 1. The van der Waals surface area contributed by atoms with Crippen molar-refractivity contribution in [2.24, 2.45) is 0 Å². The summed E-state index contributed by atoms with van der Waals surface area (Å²) < 4.78 is 13.9. The maximum Gasteiger partial charge on any atom is 0.274 e. The Balaban J connectivity index is 1.61. The number of hydrogen-bond donors (Lipinski definition) is 0. The molecule has 7 heteroatoms. The number of ether oxygens (including phenoxy) is 2. The Morgan fingerprint density at radius 1 is 1.09 bits per heavy atom. The van der Waals surface area contributed by atoms with E-state index < -0.39 is 0 Å². The molecule has 0 saturated heterocycles. The largest absolute Gasteiger partial charge is 0.493 e. The molecule has 5 nitrogen and oxygen atoms in total. The van der Waals surface area contributed by atoms with Gasteiger partial charge in [0.15, 0.2) is 16.5 Å². The first-order valence-electron chi connectivity index (χ1n) is 10.4. The van der Waals surface area contributed by atoms with Crippen molar-refractivity contribution in [3.63, 3.8) is 0 Å². The molecular weight excluding hydrogens is 456 g/mol. The molecule has 0 unspecified atom stereocenters. The minimum absolute atomic E-state index is 0.0932. The van der Waals surface area contributed by atoms with Crippen molar-refractivity contribution in [3.8, 4) is 11.5 Å². The van der Waals surface area contributed by atoms with Gasteiger partial charge in [-0.3, -0.25) is 4.79 Å². The number of aromatic nitrogens is 2. The summed E-state index contributed by atoms with van der Waals surface area (Å²) in [5.41, 5.74) is 5.56. The van der Waals surface area contributed by atoms with E-state index in [-0.39, 0.29) is 5.56 Å². The number of benzene rings is 3. The molecule has 0 spiro atoms. The molecule has 0 amide bonds. The van der Waals surface area contributed by atoms with Crippen LogP contribution in [0.3, 0.4) is 0 Å². The van der Waals surface area contributed by atoms with E-state index in [1.54, 1.807) is 11.5 Å². The first kappa shape index (κ1) is 21.5. The number of imidazole rings is 1. The zero-order chi connectivity index (χ0) is 23.1. The SMILES string of the molecule is COc1cccc(/C=c2/sc3nc4cc(C)c(C)cc4n3c2=O)c1OCc1cccc(Cl)c1. The molecule has 0 saturated carbocycles. The highest BCUT2D eigenvalue weighted by Crippen LogP contribution is 2.32. The Labute approximate surface area is 199 Å². The fourth-order valence-corrected chi connectivity index (χ4v) is 4.99. The smallest absolute Gasteiger partial charge is 0.274 e. The first-order chi connectivity index (χ1) is 15.9. The normalized spacial score (nSPS) is 12.1. The molecule has 0 bridgehead atoms. The van der Waals surface area contributed by atoms with Crippen molar-refractivity contribution in [3.05, 3.63) is 96.8 Å². The summed E-state index contributed by atoms with van der Waals surface area (Å²) in [4.78, 5) is 18.7. The fraction of sp³-hybridized carbons (Fsp3) is 0.154. The highest BCUT2D eigenvalue weighted by atomic mass is 35.5. The molecule has 2 aromatic heterocycles. The number of hydrogen-bond acceptors (Lipinski definition) is 5. The van der Waals surface area contributed by atoms with Crippen LogP contribution in [-0.2, 0) is 6.61 Å². The molecule has 5 aromatic rings. The number of para-hydroxylation sites is 1. The molecular formula is C26H21ClN2O3S. The summed E-state index contributed by atoms with van der Waals surface area (Å²) in [5, 5.41) is 0.651. The Bertz CT molecular complexity index is 1620. The van der Waals surface area contributed by atoms with Crippen molar-refractivity contribution in [2.75, 3.05) is 7.11 Å². The van der Waals surface area contributed by atoms with Gasteiger partial charge in [-0.25, -0.2) is 9.38 Å². The predicted octanol–water partition coefficient (Wildman–Crippen LogP) is 5.31. The molecule has 0 atom stereocenters. The van der Waals surface area contributed by atoms with Gasteiger partial charge in [-0.15, -0.1) is 0 Å². The van der Waals surface area contributed by atoms with Crippen LogP contribution in [0.5, 0.6) is 11.5 Å². The van der Waals surface area contributed by atoms with Gasteiger partial charge in [0.1, 0.15) is 6.61 Å². The van der Waals surface area contributed by atoms with E-state index in [0.717, 1.165) is 33.3 Å². The van der Waals surface area contributed by atoms with E-state index in [1.807, 2.05) is 74.5 Å². The van der Waals surface area contributed by atoms with Crippen molar-refractivity contribution < 1.29 is 9.47 Å². The summed E-state index contributed by atoms with van der Waals surface area (Å²) in [6.45, 7) is 4.41. The Morgan fingerprint density at radius 3 is 2.67 bits per heavy atom. The Morgan fingerprint density at radius 2 is 1.88 bits per heavy atom. The van der Waals surface area contributed by atoms with Crippen LogP contribution in [0.1, 0.15) is 22.3 Å². The molecule has 0 aliphatic heterocycles. The van der Waals surface area contributed by atoms with Crippen molar-refractivity contribution in [2.45, 2.75) is 20.5 Å². The number of rotatable bonds is 5.